The first-order valence-corrected chi connectivity index (χ1v) is 10.0. The molecule has 1 aliphatic rings. The zero-order valence-corrected chi connectivity index (χ0v) is 17.4. The van der Waals surface area contributed by atoms with Gasteiger partial charge in [0.25, 0.3) is 5.56 Å². The Balaban J connectivity index is 1.69. The van der Waals surface area contributed by atoms with Crippen molar-refractivity contribution in [2.45, 2.75) is 25.4 Å². The third-order valence-corrected chi connectivity index (χ3v) is 5.55. The number of nitrogens with zero attached hydrogens (tertiary/aromatic N) is 4. The average molecular weight is 419 g/mol. The van der Waals surface area contributed by atoms with Crippen molar-refractivity contribution in [2.24, 2.45) is 0 Å². The lowest BCUT2D eigenvalue weighted by Crippen LogP contribution is -2.29. The van der Waals surface area contributed by atoms with Crippen LogP contribution in [0.5, 0.6) is 0 Å². The van der Waals surface area contributed by atoms with Crippen LogP contribution in [0.1, 0.15) is 40.4 Å². The summed E-state index contributed by atoms with van der Waals surface area (Å²) >= 11 is 0. The second kappa shape index (κ2) is 7.28. The van der Waals surface area contributed by atoms with Crippen LogP contribution in [0.4, 0.5) is 10.1 Å². The Morgan fingerprint density at radius 2 is 1.87 bits per heavy atom. The van der Waals surface area contributed by atoms with Gasteiger partial charge < -0.3 is 10.2 Å². The van der Waals surface area contributed by atoms with Crippen LogP contribution >= 0.6 is 0 Å². The van der Waals surface area contributed by atoms with Crippen LogP contribution < -0.4 is 10.9 Å². The largest absolute Gasteiger partial charge is 0.376 e. The van der Waals surface area contributed by atoms with Crippen molar-refractivity contribution in [2.75, 3.05) is 19.4 Å². The van der Waals surface area contributed by atoms with Crippen molar-refractivity contribution >= 4 is 16.5 Å². The van der Waals surface area contributed by atoms with Gasteiger partial charge in [0.15, 0.2) is 5.82 Å². The lowest BCUT2D eigenvalue weighted by atomic mass is 9.83. The molecular weight excluding hydrogens is 397 g/mol. The fourth-order valence-corrected chi connectivity index (χ4v) is 4.28. The topological polar surface area (TPSA) is 103 Å². The van der Waals surface area contributed by atoms with E-state index in [1.807, 2.05) is 21.0 Å². The SMILES string of the molecule is Cc1nc([C@@H]2c3n[nH]c(=O)c4cc(F)cc(c34)N[C@H]2c2ccc(CN(C)C)cc2)n[nH]1. The van der Waals surface area contributed by atoms with Gasteiger partial charge in [0.1, 0.15) is 11.6 Å². The smallest absolute Gasteiger partial charge is 0.272 e. The highest BCUT2D eigenvalue weighted by Gasteiger charge is 2.37. The number of benzene rings is 2. The maximum Gasteiger partial charge on any atom is 0.272 e. The van der Waals surface area contributed by atoms with Gasteiger partial charge in [-0.3, -0.25) is 9.89 Å². The van der Waals surface area contributed by atoms with Gasteiger partial charge >= 0.3 is 0 Å². The van der Waals surface area contributed by atoms with Crippen molar-refractivity contribution in [1.29, 1.82) is 0 Å². The van der Waals surface area contributed by atoms with Gasteiger partial charge in [-0.25, -0.2) is 14.5 Å². The van der Waals surface area contributed by atoms with Crippen LogP contribution in [-0.2, 0) is 6.54 Å². The first-order chi connectivity index (χ1) is 14.9. The lowest BCUT2D eigenvalue weighted by Gasteiger charge is -2.33. The summed E-state index contributed by atoms with van der Waals surface area (Å²) in [5.41, 5.74) is 2.90. The number of hydrogen-bond acceptors (Lipinski definition) is 6. The molecule has 0 spiro atoms. The molecule has 0 amide bonds. The highest BCUT2D eigenvalue weighted by Crippen LogP contribution is 2.45. The summed E-state index contributed by atoms with van der Waals surface area (Å²) < 4.78 is 14.3. The van der Waals surface area contributed by atoms with E-state index < -0.39 is 11.4 Å². The molecule has 8 nitrogen and oxygen atoms in total. The molecule has 0 unspecified atom stereocenters. The summed E-state index contributed by atoms with van der Waals surface area (Å²) in [6.07, 6.45) is 0. The molecule has 0 saturated carbocycles. The second-order valence-electron chi connectivity index (χ2n) is 8.17. The van der Waals surface area contributed by atoms with E-state index in [-0.39, 0.29) is 17.3 Å². The van der Waals surface area contributed by atoms with Crippen molar-refractivity contribution in [3.8, 4) is 0 Å². The number of hydrogen-bond donors (Lipinski definition) is 3. The normalized spacial score (nSPS) is 17.8. The van der Waals surface area contributed by atoms with Gasteiger partial charge in [0.2, 0.25) is 0 Å². The summed E-state index contributed by atoms with van der Waals surface area (Å²) in [6.45, 7) is 2.66. The summed E-state index contributed by atoms with van der Waals surface area (Å²) in [4.78, 5) is 19.0. The van der Waals surface area contributed by atoms with Crippen LogP contribution in [0.3, 0.4) is 0 Å². The monoisotopic (exact) mass is 419 g/mol. The predicted octanol–water partition coefficient (Wildman–Crippen LogP) is 2.85. The molecule has 9 heteroatoms. The number of aromatic nitrogens is 5. The first-order valence-electron chi connectivity index (χ1n) is 10.0. The Morgan fingerprint density at radius 3 is 2.55 bits per heavy atom. The zero-order valence-electron chi connectivity index (χ0n) is 17.4. The predicted molar refractivity (Wildman–Crippen MR) is 115 cm³/mol. The van der Waals surface area contributed by atoms with Crippen LogP contribution in [0.2, 0.25) is 0 Å². The second-order valence-corrected chi connectivity index (χ2v) is 8.17. The minimum Gasteiger partial charge on any atom is -0.376 e. The summed E-state index contributed by atoms with van der Waals surface area (Å²) in [5.74, 6) is 0.385. The minimum absolute atomic E-state index is 0.254. The van der Waals surface area contributed by atoms with Crippen LogP contribution in [0.25, 0.3) is 10.8 Å². The Labute approximate surface area is 177 Å². The van der Waals surface area contributed by atoms with Crippen LogP contribution in [0.15, 0.2) is 41.2 Å². The van der Waals surface area contributed by atoms with Gasteiger partial charge in [0.05, 0.1) is 23.0 Å². The van der Waals surface area contributed by atoms with E-state index in [0.29, 0.717) is 28.4 Å². The fraction of sp³-hybridized carbons (Fsp3) is 0.273. The average Bonchev–Trinajstić information content (AvgIpc) is 3.15. The number of rotatable bonds is 4. The molecule has 0 radical (unpaired) electrons. The summed E-state index contributed by atoms with van der Waals surface area (Å²) in [7, 11) is 4.05. The molecule has 3 N–H and O–H groups in total. The maximum atomic E-state index is 14.3. The summed E-state index contributed by atoms with van der Waals surface area (Å²) in [5, 5.41) is 18.4. The molecule has 0 aliphatic carbocycles. The van der Waals surface area contributed by atoms with Gasteiger partial charge in [-0.1, -0.05) is 24.3 Å². The molecule has 2 aromatic carbocycles. The van der Waals surface area contributed by atoms with Gasteiger partial charge in [-0.05, 0) is 44.3 Å². The molecule has 3 heterocycles. The molecule has 31 heavy (non-hydrogen) atoms. The third kappa shape index (κ3) is 3.36. The molecular formula is C22H22FN7O. The van der Waals surface area contributed by atoms with Crippen molar-refractivity contribution in [1.82, 2.24) is 30.3 Å². The maximum absolute atomic E-state index is 14.3. The molecule has 2 atom stereocenters. The lowest BCUT2D eigenvalue weighted by molar-refractivity contribution is 0.402. The summed E-state index contributed by atoms with van der Waals surface area (Å²) in [6, 6.07) is 10.6. The Bertz CT molecular complexity index is 1330. The van der Waals surface area contributed by atoms with Gasteiger partial charge in [-0.15, -0.1) is 0 Å². The molecule has 1 aliphatic heterocycles. The van der Waals surface area contributed by atoms with Crippen molar-refractivity contribution in [3.05, 3.63) is 81.0 Å². The van der Waals surface area contributed by atoms with E-state index in [4.69, 9.17) is 0 Å². The molecule has 158 valence electrons. The zero-order chi connectivity index (χ0) is 21.7. The van der Waals surface area contributed by atoms with Crippen LogP contribution in [0, 0.1) is 12.7 Å². The first kappa shape index (κ1) is 19.4. The number of aromatic amines is 2. The number of aryl methyl sites for hydroxylation is 1. The van der Waals surface area contributed by atoms with Crippen molar-refractivity contribution < 1.29 is 4.39 Å². The van der Waals surface area contributed by atoms with E-state index in [1.54, 1.807) is 0 Å². The Kier molecular flexibility index (Phi) is 4.55. The molecule has 0 saturated heterocycles. The number of anilines is 1. The fourth-order valence-electron chi connectivity index (χ4n) is 4.28. The van der Waals surface area contributed by atoms with E-state index in [0.717, 1.165) is 12.1 Å². The molecule has 4 aromatic rings. The highest BCUT2D eigenvalue weighted by molar-refractivity contribution is 5.97. The molecule has 0 bridgehead atoms. The number of H-pyrrole nitrogens is 2. The van der Waals surface area contributed by atoms with E-state index in [9.17, 15) is 9.18 Å². The van der Waals surface area contributed by atoms with Crippen molar-refractivity contribution in [3.63, 3.8) is 0 Å². The Hall–Kier alpha value is -3.59. The highest BCUT2D eigenvalue weighted by atomic mass is 19.1. The molecule has 2 aromatic heterocycles. The number of nitrogens with one attached hydrogen (secondary N) is 3. The van der Waals surface area contributed by atoms with Gasteiger partial charge in [0, 0.05) is 17.6 Å². The van der Waals surface area contributed by atoms with E-state index >= 15 is 0 Å². The van der Waals surface area contributed by atoms with Crippen LogP contribution in [-0.4, -0.2) is 44.4 Å². The standard InChI is InChI=1S/C22H22FN7O/c1-11-24-21(28-26-11)18-19(13-6-4-12(5-7-13)10-30(2)3)25-16-9-14(23)8-15-17(16)20(18)27-29-22(15)31/h4-9,18-19,25H,10H2,1-3H3,(H,29,31)(H,24,26,28)/t18-,19-/m0/s1. The van der Waals surface area contributed by atoms with E-state index in [2.05, 4.69) is 59.9 Å². The van der Waals surface area contributed by atoms with Gasteiger partial charge in [-0.2, -0.15) is 10.2 Å². The quantitative estimate of drug-likeness (QED) is 0.470. The molecule has 0 fully saturated rings. The minimum atomic E-state index is -0.482. The van der Waals surface area contributed by atoms with E-state index in [1.165, 1.54) is 17.7 Å². The number of halogens is 1. The third-order valence-electron chi connectivity index (χ3n) is 5.55. The Morgan fingerprint density at radius 1 is 1.10 bits per heavy atom. The molecule has 5 rings (SSSR count).